The van der Waals surface area contributed by atoms with Gasteiger partial charge in [-0.05, 0) is 25.2 Å². The van der Waals surface area contributed by atoms with Gasteiger partial charge in [-0.15, -0.1) is 0 Å². The first-order valence-corrected chi connectivity index (χ1v) is 6.31. The van der Waals surface area contributed by atoms with Gasteiger partial charge in [0.1, 0.15) is 6.26 Å². The number of carbonyl (C=O) groups excluding carboxylic acids is 1. The molecule has 0 aliphatic carbocycles. The SMILES string of the molecule is O=C(C[N+]12CCC(CC1)CC2)Nc1ccon1.[Br-]. The molecule has 1 aromatic rings. The van der Waals surface area contributed by atoms with Crippen LogP contribution < -0.4 is 22.3 Å². The highest BCUT2D eigenvalue weighted by atomic mass is 79.9. The quantitative estimate of drug-likeness (QED) is 0.673. The fourth-order valence-corrected chi connectivity index (χ4v) is 3.14. The number of anilines is 1. The van der Waals surface area contributed by atoms with Crippen LogP contribution in [0.25, 0.3) is 0 Å². The number of nitrogens with zero attached hydrogens (tertiary/aromatic N) is 2. The molecule has 1 amide bonds. The summed E-state index contributed by atoms with van der Waals surface area (Å²) in [5.41, 5.74) is 0. The molecule has 1 aromatic heterocycles. The molecule has 0 atom stereocenters. The largest absolute Gasteiger partial charge is 1.00 e. The van der Waals surface area contributed by atoms with Gasteiger partial charge >= 0.3 is 0 Å². The van der Waals surface area contributed by atoms with Crippen LogP contribution in [0.4, 0.5) is 5.82 Å². The molecule has 6 heteroatoms. The standard InChI is InChI=1S/C12H17N3O2.BrH/c16-12(13-11-4-8-17-14-11)9-15-5-1-10(2-6-15)3-7-15;/h4,8,10H,1-3,5-7,9H2;1H. The molecular weight excluding hydrogens is 298 g/mol. The molecule has 4 heterocycles. The summed E-state index contributed by atoms with van der Waals surface area (Å²) in [6, 6.07) is 1.67. The van der Waals surface area contributed by atoms with Crippen molar-refractivity contribution in [2.24, 2.45) is 5.92 Å². The molecule has 3 fully saturated rings. The Labute approximate surface area is 117 Å². The van der Waals surface area contributed by atoms with Gasteiger partial charge < -0.3 is 31.3 Å². The van der Waals surface area contributed by atoms with Crippen LogP contribution in [0.2, 0.25) is 0 Å². The predicted molar refractivity (Wildman–Crippen MR) is 62.2 cm³/mol. The van der Waals surface area contributed by atoms with Crippen molar-refractivity contribution in [3.63, 3.8) is 0 Å². The molecule has 2 bridgehead atoms. The normalized spacial score (nSPS) is 29.7. The number of halogens is 1. The lowest BCUT2D eigenvalue weighted by Crippen LogP contribution is -3.00. The van der Waals surface area contributed by atoms with Crippen LogP contribution in [0, 0.1) is 5.92 Å². The van der Waals surface area contributed by atoms with E-state index in [1.165, 1.54) is 25.5 Å². The third kappa shape index (κ3) is 2.75. The fraction of sp³-hybridized carbons (Fsp3) is 0.667. The number of piperidine rings is 3. The summed E-state index contributed by atoms with van der Waals surface area (Å²) in [5.74, 6) is 1.49. The Morgan fingerprint density at radius 3 is 2.61 bits per heavy atom. The second kappa shape index (κ2) is 5.40. The Bertz CT molecular complexity index is 386. The fourth-order valence-electron chi connectivity index (χ4n) is 3.14. The van der Waals surface area contributed by atoms with E-state index in [0.717, 1.165) is 30.0 Å². The van der Waals surface area contributed by atoms with Crippen molar-refractivity contribution in [1.82, 2.24) is 5.16 Å². The van der Waals surface area contributed by atoms with E-state index in [-0.39, 0.29) is 22.9 Å². The number of hydrogen-bond donors (Lipinski definition) is 1. The lowest BCUT2D eigenvalue weighted by molar-refractivity contribution is -0.935. The van der Waals surface area contributed by atoms with Crippen molar-refractivity contribution in [2.75, 3.05) is 31.5 Å². The Balaban J connectivity index is 0.00000120. The van der Waals surface area contributed by atoms with Crippen LogP contribution in [-0.4, -0.2) is 41.7 Å². The number of amides is 1. The highest BCUT2D eigenvalue weighted by Crippen LogP contribution is 2.33. The molecule has 1 N–H and O–H groups in total. The van der Waals surface area contributed by atoms with Crippen LogP contribution in [-0.2, 0) is 4.79 Å². The number of carbonyl (C=O) groups is 1. The van der Waals surface area contributed by atoms with E-state index in [0.29, 0.717) is 12.4 Å². The predicted octanol–water partition coefficient (Wildman–Crippen LogP) is -1.75. The van der Waals surface area contributed by atoms with Crippen molar-refractivity contribution in [3.8, 4) is 0 Å². The number of fused-ring (bicyclic) bond motifs is 3. The van der Waals surface area contributed by atoms with Crippen LogP contribution in [0.5, 0.6) is 0 Å². The van der Waals surface area contributed by atoms with Gasteiger partial charge in [0.25, 0.3) is 5.91 Å². The van der Waals surface area contributed by atoms with Gasteiger partial charge in [0.15, 0.2) is 12.4 Å². The topological polar surface area (TPSA) is 55.1 Å². The second-order valence-electron chi connectivity index (χ2n) is 5.34. The first-order chi connectivity index (χ1) is 8.26. The molecule has 4 rings (SSSR count). The van der Waals surface area contributed by atoms with E-state index in [9.17, 15) is 4.79 Å². The summed E-state index contributed by atoms with van der Waals surface area (Å²) < 4.78 is 5.67. The Morgan fingerprint density at radius 1 is 1.39 bits per heavy atom. The van der Waals surface area contributed by atoms with Crippen LogP contribution >= 0.6 is 0 Å². The third-order valence-corrected chi connectivity index (χ3v) is 4.22. The molecule has 18 heavy (non-hydrogen) atoms. The smallest absolute Gasteiger partial charge is 0.280 e. The van der Waals surface area contributed by atoms with Crippen molar-refractivity contribution < 1.29 is 30.8 Å². The zero-order valence-corrected chi connectivity index (χ0v) is 11.9. The number of rotatable bonds is 3. The number of aromatic nitrogens is 1. The zero-order chi connectivity index (χ0) is 11.7. The monoisotopic (exact) mass is 315 g/mol. The van der Waals surface area contributed by atoms with Gasteiger partial charge in [-0.1, -0.05) is 5.16 Å². The molecule has 3 aliphatic heterocycles. The van der Waals surface area contributed by atoms with Crippen LogP contribution in [0.1, 0.15) is 19.3 Å². The minimum Gasteiger partial charge on any atom is -1.00 e. The molecule has 0 spiro atoms. The summed E-state index contributed by atoms with van der Waals surface area (Å²) in [6.45, 7) is 4.07. The van der Waals surface area contributed by atoms with Crippen molar-refractivity contribution in [1.29, 1.82) is 0 Å². The van der Waals surface area contributed by atoms with E-state index < -0.39 is 0 Å². The van der Waals surface area contributed by atoms with E-state index in [1.54, 1.807) is 6.07 Å². The Morgan fingerprint density at radius 2 is 2.06 bits per heavy atom. The summed E-state index contributed by atoms with van der Waals surface area (Å²) in [7, 11) is 0. The molecule has 0 unspecified atom stereocenters. The summed E-state index contributed by atoms with van der Waals surface area (Å²) in [4.78, 5) is 12.0. The first-order valence-electron chi connectivity index (χ1n) is 6.31. The average molecular weight is 316 g/mol. The van der Waals surface area contributed by atoms with E-state index >= 15 is 0 Å². The Kier molecular flexibility index (Phi) is 4.07. The molecule has 0 radical (unpaired) electrons. The van der Waals surface area contributed by atoms with Crippen molar-refractivity contribution in [2.45, 2.75) is 19.3 Å². The maximum absolute atomic E-state index is 12.0. The summed E-state index contributed by atoms with van der Waals surface area (Å²) in [6.07, 6.45) is 5.33. The van der Waals surface area contributed by atoms with Gasteiger partial charge in [0.2, 0.25) is 0 Å². The second-order valence-corrected chi connectivity index (χ2v) is 5.34. The minimum absolute atomic E-state index is 0. The Hall–Kier alpha value is -0.880. The lowest BCUT2D eigenvalue weighted by atomic mass is 9.86. The number of quaternary nitrogens is 1. The molecule has 0 saturated carbocycles. The molecule has 5 nitrogen and oxygen atoms in total. The molecule has 100 valence electrons. The van der Waals surface area contributed by atoms with Crippen LogP contribution in [0.3, 0.4) is 0 Å². The highest BCUT2D eigenvalue weighted by molar-refractivity contribution is 5.90. The third-order valence-electron chi connectivity index (χ3n) is 4.22. The summed E-state index contributed by atoms with van der Waals surface area (Å²) >= 11 is 0. The zero-order valence-electron chi connectivity index (χ0n) is 10.3. The number of hydrogen-bond acceptors (Lipinski definition) is 3. The lowest BCUT2D eigenvalue weighted by Gasteiger charge is -2.48. The van der Waals surface area contributed by atoms with E-state index in [2.05, 4.69) is 10.5 Å². The van der Waals surface area contributed by atoms with Gasteiger partial charge in [0, 0.05) is 6.07 Å². The number of nitrogens with one attached hydrogen (secondary N) is 1. The van der Waals surface area contributed by atoms with E-state index in [1.807, 2.05) is 0 Å². The molecule has 0 aromatic carbocycles. The van der Waals surface area contributed by atoms with Crippen molar-refractivity contribution in [3.05, 3.63) is 12.3 Å². The van der Waals surface area contributed by atoms with Gasteiger partial charge in [-0.25, -0.2) is 0 Å². The summed E-state index contributed by atoms with van der Waals surface area (Å²) in [5, 5.41) is 6.48. The maximum Gasteiger partial charge on any atom is 0.280 e. The highest BCUT2D eigenvalue weighted by Gasteiger charge is 2.40. The maximum atomic E-state index is 12.0. The van der Waals surface area contributed by atoms with Gasteiger partial charge in [0.05, 0.1) is 19.6 Å². The minimum atomic E-state index is 0. The average Bonchev–Trinajstić information content (AvgIpc) is 2.83. The molecule has 3 saturated heterocycles. The van der Waals surface area contributed by atoms with Gasteiger partial charge in [-0.3, -0.25) is 4.79 Å². The molecule has 3 aliphatic rings. The first kappa shape index (κ1) is 13.5. The van der Waals surface area contributed by atoms with Gasteiger partial charge in [-0.2, -0.15) is 0 Å². The van der Waals surface area contributed by atoms with Crippen molar-refractivity contribution >= 4 is 11.7 Å². The van der Waals surface area contributed by atoms with Crippen LogP contribution in [0.15, 0.2) is 16.9 Å². The molecular formula is C12H18BrN3O2. The van der Waals surface area contributed by atoms with E-state index in [4.69, 9.17) is 4.52 Å².